The van der Waals surface area contributed by atoms with E-state index in [4.69, 9.17) is 0 Å². The Balaban J connectivity index is 1.28. The number of anilines is 1. The highest BCUT2D eigenvalue weighted by Gasteiger charge is 2.54. The molecule has 2 N–H and O–H groups in total. The first-order valence-corrected chi connectivity index (χ1v) is 9.65. The van der Waals surface area contributed by atoms with Crippen LogP contribution in [0.2, 0.25) is 0 Å². The Morgan fingerprint density at radius 2 is 1.54 bits per heavy atom. The third kappa shape index (κ3) is 4.10. The van der Waals surface area contributed by atoms with Gasteiger partial charge in [0, 0.05) is 11.1 Å². The third-order valence-electron chi connectivity index (χ3n) is 6.30. The smallest absolute Gasteiger partial charge is 0.406 e. The third-order valence-corrected chi connectivity index (χ3v) is 6.30. The molecule has 5 nitrogen and oxygen atoms in total. The van der Waals surface area contributed by atoms with E-state index >= 15 is 0 Å². The minimum atomic E-state index is -4.76. The molecular formula is C20H23F3N2O3. The first kappa shape index (κ1) is 19.1. The summed E-state index contributed by atoms with van der Waals surface area (Å²) in [6, 6.07) is 4.88. The highest BCUT2D eigenvalue weighted by molar-refractivity contribution is 5.95. The summed E-state index contributed by atoms with van der Waals surface area (Å²) >= 11 is 0. The summed E-state index contributed by atoms with van der Waals surface area (Å²) in [5.74, 6) is 1.12. The lowest BCUT2D eigenvalue weighted by atomic mass is 9.49. The van der Waals surface area contributed by atoms with Crippen molar-refractivity contribution in [1.29, 1.82) is 0 Å². The van der Waals surface area contributed by atoms with Gasteiger partial charge in [-0.25, -0.2) is 0 Å². The molecule has 8 heteroatoms. The van der Waals surface area contributed by atoms with Gasteiger partial charge >= 0.3 is 6.36 Å². The zero-order valence-corrected chi connectivity index (χ0v) is 15.3. The van der Waals surface area contributed by atoms with Crippen molar-refractivity contribution in [3.63, 3.8) is 0 Å². The predicted molar refractivity (Wildman–Crippen MR) is 95.4 cm³/mol. The minimum Gasteiger partial charge on any atom is -0.406 e. The normalized spacial score (nSPS) is 30.8. The van der Waals surface area contributed by atoms with Crippen molar-refractivity contribution >= 4 is 17.5 Å². The van der Waals surface area contributed by atoms with Crippen LogP contribution in [0.4, 0.5) is 18.9 Å². The van der Waals surface area contributed by atoms with Crippen molar-refractivity contribution < 1.29 is 27.5 Å². The van der Waals surface area contributed by atoms with Crippen molar-refractivity contribution in [3.05, 3.63) is 24.3 Å². The van der Waals surface area contributed by atoms with E-state index in [0.717, 1.165) is 31.4 Å². The summed E-state index contributed by atoms with van der Waals surface area (Å²) in [5.41, 5.74) is 0.0228. The molecule has 4 bridgehead atoms. The van der Waals surface area contributed by atoms with Gasteiger partial charge in [-0.3, -0.25) is 9.59 Å². The number of carbonyl (C=O) groups excluding carboxylic acids is 2. The van der Waals surface area contributed by atoms with Gasteiger partial charge in [0.25, 0.3) is 0 Å². The average Bonchev–Trinajstić information content (AvgIpc) is 2.59. The van der Waals surface area contributed by atoms with Gasteiger partial charge in [-0.15, -0.1) is 13.2 Å². The molecule has 0 saturated heterocycles. The Kier molecular flexibility index (Phi) is 4.75. The fraction of sp³-hybridized carbons (Fsp3) is 0.600. The molecule has 152 valence electrons. The summed E-state index contributed by atoms with van der Waals surface area (Å²) in [4.78, 5) is 24.9. The molecule has 0 aliphatic heterocycles. The van der Waals surface area contributed by atoms with E-state index in [9.17, 15) is 22.8 Å². The Morgan fingerprint density at radius 3 is 2.04 bits per heavy atom. The molecule has 4 saturated carbocycles. The molecule has 1 aromatic carbocycles. The lowest BCUT2D eigenvalue weighted by Gasteiger charge is -2.55. The van der Waals surface area contributed by atoms with E-state index in [1.54, 1.807) is 0 Å². The van der Waals surface area contributed by atoms with Crippen molar-refractivity contribution in [2.45, 2.75) is 44.9 Å². The van der Waals surface area contributed by atoms with E-state index in [2.05, 4.69) is 15.4 Å². The maximum Gasteiger partial charge on any atom is 0.573 e. The Bertz CT molecular complexity index is 726. The van der Waals surface area contributed by atoms with E-state index in [-0.39, 0.29) is 23.6 Å². The number of nitrogens with one attached hydrogen (secondary N) is 2. The molecule has 5 rings (SSSR count). The van der Waals surface area contributed by atoms with Crippen LogP contribution in [0, 0.1) is 23.2 Å². The molecule has 0 spiro atoms. The maximum absolute atomic E-state index is 12.8. The van der Waals surface area contributed by atoms with Crippen molar-refractivity contribution in [2.75, 3.05) is 11.9 Å². The van der Waals surface area contributed by atoms with Gasteiger partial charge in [0.15, 0.2) is 0 Å². The molecule has 4 fully saturated rings. The molecule has 28 heavy (non-hydrogen) atoms. The minimum absolute atomic E-state index is 0.0318. The number of rotatable bonds is 5. The zero-order chi connectivity index (χ0) is 19.9. The first-order chi connectivity index (χ1) is 13.2. The molecule has 0 atom stereocenters. The fourth-order valence-corrected chi connectivity index (χ4v) is 5.68. The van der Waals surface area contributed by atoms with Gasteiger partial charge in [-0.05, 0) is 80.5 Å². The van der Waals surface area contributed by atoms with Gasteiger partial charge < -0.3 is 15.4 Å². The van der Waals surface area contributed by atoms with Gasteiger partial charge in [-0.1, -0.05) is 0 Å². The van der Waals surface area contributed by atoms with Crippen LogP contribution < -0.4 is 15.4 Å². The van der Waals surface area contributed by atoms with Crippen molar-refractivity contribution in [2.24, 2.45) is 23.2 Å². The molecule has 0 heterocycles. The van der Waals surface area contributed by atoms with E-state index in [1.807, 2.05) is 0 Å². The van der Waals surface area contributed by atoms with Gasteiger partial charge in [-0.2, -0.15) is 0 Å². The van der Waals surface area contributed by atoms with Crippen LogP contribution in [0.3, 0.4) is 0 Å². The second-order valence-corrected chi connectivity index (χ2v) is 8.50. The van der Waals surface area contributed by atoms with Crippen LogP contribution in [0.15, 0.2) is 24.3 Å². The van der Waals surface area contributed by atoms with Gasteiger partial charge in [0.2, 0.25) is 11.8 Å². The lowest BCUT2D eigenvalue weighted by molar-refractivity contribution is -0.274. The molecule has 2 amide bonds. The molecule has 4 aliphatic carbocycles. The molecule has 0 aromatic heterocycles. The van der Waals surface area contributed by atoms with Crippen LogP contribution >= 0.6 is 0 Å². The van der Waals surface area contributed by atoms with E-state index in [0.29, 0.717) is 23.4 Å². The number of hydrogen-bond donors (Lipinski definition) is 2. The van der Waals surface area contributed by atoms with E-state index in [1.165, 1.54) is 31.4 Å². The Labute approximate surface area is 161 Å². The summed E-state index contributed by atoms with van der Waals surface area (Å²) in [6.07, 6.45) is 1.73. The van der Waals surface area contributed by atoms with Gasteiger partial charge in [0.05, 0.1) is 6.54 Å². The van der Waals surface area contributed by atoms with E-state index < -0.39 is 12.3 Å². The van der Waals surface area contributed by atoms with Crippen LogP contribution in [-0.2, 0) is 9.59 Å². The molecule has 1 aromatic rings. The zero-order valence-electron chi connectivity index (χ0n) is 15.3. The summed E-state index contributed by atoms with van der Waals surface area (Å²) in [6.45, 7) is -0.151. The molecule has 4 aliphatic rings. The van der Waals surface area contributed by atoms with Crippen molar-refractivity contribution in [3.8, 4) is 5.75 Å². The topological polar surface area (TPSA) is 67.4 Å². The standard InChI is InChI=1S/C20H23F3N2O3/c21-20(22,23)28-16-3-1-15(2-4-16)25-17(26)11-24-18(27)19-8-12-5-13(9-19)7-14(6-12)10-19/h1-4,12-14H,5-11H2,(H,24,27)(H,25,26). The summed E-state index contributed by atoms with van der Waals surface area (Å²) in [5, 5.41) is 5.35. The number of amides is 2. The number of alkyl halides is 3. The highest BCUT2D eigenvalue weighted by Crippen LogP contribution is 2.60. The molecule has 0 unspecified atom stereocenters. The number of halogens is 3. The van der Waals surface area contributed by atoms with Crippen LogP contribution in [0.1, 0.15) is 38.5 Å². The average molecular weight is 396 g/mol. The molecule has 0 radical (unpaired) electrons. The summed E-state index contributed by atoms with van der Waals surface area (Å²) < 4.78 is 40.3. The Morgan fingerprint density at radius 1 is 1.00 bits per heavy atom. The highest BCUT2D eigenvalue weighted by atomic mass is 19.4. The second kappa shape index (κ2) is 6.97. The second-order valence-electron chi connectivity index (χ2n) is 8.50. The number of hydrogen-bond acceptors (Lipinski definition) is 3. The number of benzene rings is 1. The largest absolute Gasteiger partial charge is 0.573 e. The van der Waals surface area contributed by atoms with Crippen LogP contribution in [0.5, 0.6) is 5.75 Å². The number of carbonyl (C=O) groups is 2. The quantitative estimate of drug-likeness (QED) is 0.794. The first-order valence-electron chi connectivity index (χ1n) is 9.65. The summed E-state index contributed by atoms with van der Waals surface area (Å²) in [7, 11) is 0. The maximum atomic E-state index is 12.8. The van der Waals surface area contributed by atoms with Gasteiger partial charge in [0.1, 0.15) is 5.75 Å². The Hall–Kier alpha value is -2.25. The van der Waals surface area contributed by atoms with Crippen LogP contribution in [0.25, 0.3) is 0 Å². The number of ether oxygens (including phenoxy) is 1. The monoisotopic (exact) mass is 396 g/mol. The van der Waals surface area contributed by atoms with Crippen LogP contribution in [-0.4, -0.2) is 24.7 Å². The fourth-order valence-electron chi connectivity index (χ4n) is 5.68. The SMILES string of the molecule is O=C(CNC(=O)C12CC3CC(CC(C3)C1)C2)Nc1ccc(OC(F)(F)F)cc1. The predicted octanol–water partition coefficient (Wildman–Crippen LogP) is 3.86. The molecular weight excluding hydrogens is 373 g/mol. The lowest BCUT2D eigenvalue weighted by Crippen LogP contribution is -2.54. The van der Waals surface area contributed by atoms with Crippen molar-refractivity contribution in [1.82, 2.24) is 5.32 Å².